The molecule has 0 bridgehead atoms. The number of hydrogen-bond donors (Lipinski definition) is 1. The maximum atomic E-state index is 12.1. The van der Waals surface area contributed by atoms with E-state index in [9.17, 15) is 8.42 Å². The van der Waals surface area contributed by atoms with Gasteiger partial charge in [-0.05, 0) is 12.0 Å². The molecule has 1 rings (SSSR count). The van der Waals surface area contributed by atoms with Crippen LogP contribution in [0, 0.1) is 5.92 Å². The Kier molecular flexibility index (Phi) is 5.88. The number of alkyl halides is 1. The molecule has 20 heavy (non-hydrogen) atoms. The topological polar surface area (TPSA) is 71.5 Å². The van der Waals surface area contributed by atoms with Crippen molar-refractivity contribution in [2.24, 2.45) is 5.92 Å². The van der Waals surface area contributed by atoms with E-state index in [-0.39, 0.29) is 23.4 Å². The van der Waals surface area contributed by atoms with Crippen molar-refractivity contribution in [3.05, 3.63) is 12.3 Å². The number of nitrogens with zero attached hydrogens (tertiary/aromatic N) is 2. The lowest BCUT2D eigenvalue weighted by Gasteiger charge is -2.20. The van der Waals surface area contributed by atoms with Crippen LogP contribution < -0.4 is 14.4 Å². The summed E-state index contributed by atoms with van der Waals surface area (Å²) in [4.78, 5) is 5.81. The lowest BCUT2D eigenvalue weighted by molar-refractivity contribution is 0.400. The molecule has 8 heteroatoms. The molecule has 0 aliphatic heterocycles. The highest BCUT2D eigenvalue weighted by atomic mass is 35.5. The average Bonchev–Trinajstić information content (AvgIpc) is 2.37. The highest BCUT2D eigenvalue weighted by molar-refractivity contribution is 7.92. The fourth-order valence-electron chi connectivity index (χ4n) is 1.67. The Morgan fingerprint density at radius 2 is 2.15 bits per heavy atom. The van der Waals surface area contributed by atoms with E-state index in [1.807, 2.05) is 14.1 Å². The lowest BCUT2D eigenvalue weighted by atomic mass is 10.3. The molecular formula is C12H20ClN3O3S. The van der Waals surface area contributed by atoms with Crippen molar-refractivity contribution in [2.75, 3.05) is 42.5 Å². The van der Waals surface area contributed by atoms with E-state index in [1.165, 1.54) is 7.11 Å². The quantitative estimate of drug-likeness (QED) is 0.775. The molecule has 1 aromatic rings. The SMILES string of the molecule is COc1nccc(N(C)C)c1NS(=O)(=O)CC(C)CCl. The first-order chi connectivity index (χ1) is 9.30. The molecule has 6 nitrogen and oxygen atoms in total. The first-order valence-electron chi connectivity index (χ1n) is 6.07. The largest absolute Gasteiger partial charge is 0.479 e. The Balaban J connectivity index is 3.13. The molecule has 0 saturated heterocycles. The average molecular weight is 322 g/mol. The third-order valence-corrected chi connectivity index (χ3v) is 4.64. The standard InChI is InChI=1S/C12H20ClN3O3S/c1-9(7-13)8-20(17,18)15-11-10(16(2)3)5-6-14-12(11)19-4/h5-6,9,15H,7-8H2,1-4H3. The van der Waals surface area contributed by atoms with Crippen molar-refractivity contribution in [1.82, 2.24) is 4.98 Å². The van der Waals surface area contributed by atoms with Crippen LogP contribution in [0.5, 0.6) is 5.88 Å². The Hall–Kier alpha value is -1.21. The predicted molar refractivity (Wildman–Crippen MR) is 82.4 cm³/mol. The third kappa shape index (κ3) is 4.42. The number of aromatic nitrogens is 1. The summed E-state index contributed by atoms with van der Waals surface area (Å²) in [5.74, 6) is 0.325. The van der Waals surface area contributed by atoms with Crippen LogP contribution in [0.2, 0.25) is 0 Å². The Bertz CT molecular complexity index is 549. The van der Waals surface area contributed by atoms with Crippen molar-refractivity contribution in [1.29, 1.82) is 0 Å². The number of nitrogens with one attached hydrogen (secondary N) is 1. The molecule has 0 aliphatic carbocycles. The molecular weight excluding hydrogens is 302 g/mol. The molecule has 0 radical (unpaired) electrons. The zero-order valence-electron chi connectivity index (χ0n) is 12.1. The van der Waals surface area contributed by atoms with Gasteiger partial charge in [-0.3, -0.25) is 4.72 Å². The molecule has 114 valence electrons. The van der Waals surface area contributed by atoms with Gasteiger partial charge in [-0.25, -0.2) is 13.4 Å². The maximum Gasteiger partial charge on any atom is 0.240 e. The van der Waals surface area contributed by atoms with Crippen molar-refractivity contribution in [3.8, 4) is 5.88 Å². The number of hydrogen-bond acceptors (Lipinski definition) is 5. The fraction of sp³-hybridized carbons (Fsp3) is 0.583. The highest BCUT2D eigenvalue weighted by Crippen LogP contribution is 2.33. The second-order valence-corrected chi connectivity index (χ2v) is 6.83. The predicted octanol–water partition coefficient (Wildman–Crippen LogP) is 1.77. The zero-order valence-corrected chi connectivity index (χ0v) is 13.6. The summed E-state index contributed by atoms with van der Waals surface area (Å²) >= 11 is 5.66. The molecule has 0 fully saturated rings. The van der Waals surface area contributed by atoms with Gasteiger partial charge in [0.2, 0.25) is 15.9 Å². The van der Waals surface area contributed by atoms with Crippen molar-refractivity contribution in [2.45, 2.75) is 6.92 Å². The van der Waals surface area contributed by atoms with Crippen molar-refractivity contribution in [3.63, 3.8) is 0 Å². The molecule has 0 spiro atoms. The number of sulfonamides is 1. The van der Waals surface area contributed by atoms with Crippen LogP contribution >= 0.6 is 11.6 Å². The summed E-state index contributed by atoms with van der Waals surface area (Å²) in [5, 5.41) is 0. The monoisotopic (exact) mass is 321 g/mol. The van der Waals surface area contributed by atoms with Gasteiger partial charge in [0.25, 0.3) is 0 Å². The molecule has 1 aromatic heterocycles. The van der Waals surface area contributed by atoms with E-state index >= 15 is 0 Å². The van der Waals surface area contributed by atoms with E-state index in [0.717, 1.165) is 0 Å². The van der Waals surface area contributed by atoms with Crippen LogP contribution in [0.15, 0.2) is 12.3 Å². The smallest absolute Gasteiger partial charge is 0.240 e. The van der Waals surface area contributed by atoms with Gasteiger partial charge in [-0.1, -0.05) is 6.92 Å². The molecule has 1 N–H and O–H groups in total. The second kappa shape index (κ2) is 6.99. The third-order valence-electron chi connectivity index (χ3n) is 2.59. The normalized spacial score (nSPS) is 12.8. The summed E-state index contributed by atoms with van der Waals surface area (Å²) in [5.41, 5.74) is 1.01. The van der Waals surface area contributed by atoms with Gasteiger partial charge in [0.05, 0.1) is 18.6 Å². The molecule has 0 aromatic carbocycles. The van der Waals surface area contributed by atoms with Crippen LogP contribution in [0.25, 0.3) is 0 Å². The van der Waals surface area contributed by atoms with Gasteiger partial charge >= 0.3 is 0 Å². The van der Waals surface area contributed by atoms with Gasteiger partial charge in [-0.15, -0.1) is 11.6 Å². The first-order valence-corrected chi connectivity index (χ1v) is 8.26. The van der Waals surface area contributed by atoms with E-state index in [0.29, 0.717) is 11.4 Å². The minimum absolute atomic E-state index is 0.0541. The molecule has 0 saturated carbocycles. The van der Waals surface area contributed by atoms with Crippen LogP contribution in [-0.4, -0.2) is 46.2 Å². The van der Waals surface area contributed by atoms with Gasteiger partial charge in [0.15, 0.2) is 0 Å². The summed E-state index contributed by atoms with van der Waals surface area (Å²) in [6, 6.07) is 1.71. The van der Waals surface area contributed by atoms with E-state index in [2.05, 4.69) is 9.71 Å². The number of halogens is 1. The second-order valence-electron chi connectivity index (χ2n) is 4.75. The Labute approximate surface area is 125 Å². The van der Waals surface area contributed by atoms with E-state index < -0.39 is 10.0 Å². The molecule has 0 amide bonds. The van der Waals surface area contributed by atoms with Crippen LogP contribution in [0.4, 0.5) is 11.4 Å². The number of rotatable bonds is 7. The van der Waals surface area contributed by atoms with E-state index in [1.54, 1.807) is 24.1 Å². The zero-order chi connectivity index (χ0) is 15.3. The van der Waals surface area contributed by atoms with Crippen molar-refractivity contribution < 1.29 is 13.2 Å². The number of pyridine rings is 1. The lowest BCUT2D eigenvalue weighted by Crippen LogP contribution is -2.24. The highest BCUT2D eigenvalue weighted by Gasteiger charge is 2.20. The summed E-state index contributed by atoms with van der Waals surface area (Å²) in [6.07, 6.45) is 1.56. The maximum absolute atomic E-state index is 12.1. The van der Waals surface area contributed by atoms with Crippen LogP contribution in [0.1, 0.15) is 6.92 Å². The van der Waals surface area contributed by atoms with Crippen LogP contribution in [0.3, 0.4) is 0 Å². The van der Waals surface area contributed by atoms with Gasteiger partial charge in [-0.2, -0.15) is 0 Å². The molecule has 1 unspecified atom stereocenters. The van der Waals surface area contributed by atoms with E-state index in [4.69, 9.17) is 16.3 Å². The minimum atomic E-state index is -3.52. The Morgan fingerprint density at radius 3 is 2.65 bits per heavy atom. The summed E-state index contributed by atoms with van der Waals surface area (Å²) in [6.45, 7) is 1.78. The molecule has 1 atom stereocenters. The van der Waals surface area contributed by atoms with Crippen molar-refractivity contribution >= 4 is 33.0 Å². The fourth-order valence-corrected chi connectivity index (χ4v) is 3.36. The van der Waals surface area contributed by atoms with Gasteiger partial charge in [0, 0.05) is 26.2 Å². The summed E-state index contributed by atoms with van der Waals surface area (Å²) in [7, 11) is 1.56. The van der Waals surface area contributed by atoms with Gasteiger partial charge < -0.3 is 9.64 Å². The molecule has 1 heterocycles. The summed E-state index contributed by atoms with van der Waals surface area (Å²) < 4.78 is 31.9. The van der Waals surface area contributed by atoms with Gasteiger partial charge in [0.1, 0.15) is 5.69 Å². The Morgan fingerprint density at radius 1 is 1.50 bits per heavy atom. The minimum Gasteiger partial charge on any atom is -0.479 e. The van der Waals surface area contributed by atoms with Crippen LogP contribution in [-0.2, 0) is 10.0 Å². The first kappa shape index (κ1) is 16.8. The number of anilines is 2. The molecule has 0 aliphatic rings. The number of methoxy groups -OCH3 is 1. The number of ether oxygens (including phenoxy) is 1.